The summed E-state index contributed by atoms with van der Waals surface area (Å²) in [5.74, 6) is 2.14. The molecule has 0 spiro atoms. The molecule has 1 N–H and O–H groups in total. The van der Waals surface area contributed by atoms with E-state index in [0.29, 0.717) is 23.2 Å². The van der Waals surface area contributed by atoms with Crippen LogP contribution in [0, 0.1) is 0 Å². The monoisotopic (exact) mass is 652 g/mol. The van der Waals surface area contributed by atoms with Gasteiger partial charge in [-0.3, -0.25) is 0 Å². The van der Waals surface area contributed by atoms with E-state index in [9.17, 15) is 18.0 Å². The van der Waals surface area contributed by atoms with Crippen LogP contribution >= 0.6 is 11.8 Å². The number of carbonyl (C=O) groups excluding carboxylic acids is 1. The lowest BCUT2D eigenvalue weighted by Gasteiger charge is -2.32. The van der Waals surface area contributed by atoms with Gasteiger partial charge in [-0.15, -0.1) is 18.3 Å². The van der Waals surface area contributed by atoms with Crippen LogP contribution in [0.3, 0.4) is 0 Å². The molecule has 0 saturated carbocycles. The Hall–Kier alpha value is -4.52. The van der Waals surface area contributed by atoms with Crippen molar-refractivity contribution in [2.24, 2.45) is 4.99 Å². The lowest BCUT2D eigenvalue weighted by Crippen LogP contribution is -2.36. The average Bonchev–Trinajstić information content (AvgIpc) is 3.54. The highest BCUT2D eigenvalue weighted by Crippen LogP contribution is 2.35. The summed E-state index contributed by atoms with van der Waals surface area (Å²) in [6.07, 6.45) is -2.27. The van der Waals surface area contributed by atoms with Gasteiger partial charge in [0.25, 0.3) is 0 Å². The minimum Gasteiger partial charge on any atom is -0.497 e. The third-order valence-corrected chi connectivity index (χ3v) is 8.52. The number of aromatic nitrogens is 3. The number of nitrogens with one attached hydrogen (secondary N) is 1. The molecule has 242 valence electrons. The number of rotatable bonds is 9. The van der Waals surface area contributed by atoms with Crippen LogP contribution in [-0.2, 0) is 0 Å². The Morgan fingerprint density at radius 2 is 1.76 bits per heavy atom. The van der Waals surface area contributed by atoms with Gasteiger partial charge in [0.1, 0.15) is 17.8 Å². The Balaban J connectivity index is 1.20. The van der Waals surface area contributed by atoms with Crippen LogP contribution in [0.1, 0.15) is 50.2 Å². The van der Waals surface area contributed by atoms with Gasteiger partial charge in [0.05, 0.1) is 12.8 Å². The van der Waals surface area contributed by atoms with Crippen molar-refractivity contribution < 1.29 is 27.4 Å². The van der Waals surface area contributed by atoms with Crippen molar-refractivity contribution in [3.05, 3.63) is 84.2 Å². The maximum Gasteiger partial charge on any atom is 0.573 e. The molecule has 1 aliphatic rings. The summed E-state index contributed by atoms with van der Waals surface area (Å²) in [7, 11) is 1.66. The Kier molecular flexibility index (Phi) is 10.2. The van der Waals surface area contributed by atoms with Crippen molar-refractivity contribution in [3.63, 3.8) is 0 Å². The Bertz CT molecular complexity index is 1670. The van der Waals surface area contributed by atoms with Crippen molar-refractivity contribution in [1.82, 2.24) is 20.1 Å². The van der Waals surface area contributed by atoms with Gasteiger partial charge in [0.2, 0.25) is 0 Å². The maximum atomic E-state index is 12.9. The van der Waals surface area contributed by atoms with Crippen molar-refractivity contribution >= 4 is 28.6 Å². The zero-order valence-corrected chi connectivity index (χ0v) is 26.7. The Labute approximate surface area is 269 Å². The number of halogens is 3. The summed E-state index contributed by atoms with van der Waals surface area (Å²) in [5.41, 5.74) is 4.51. The highest BCUT2D eigenvalue weighted by molar-refractivity contribution is 8.14. The number of nitrogens with zero attached hydrogens (tertiary/aromatic N) is 5. The second-order valence-corrected chi connectivity index (χ2v) is 12.2. The number of hydrogen-bond acceptors (Lipinski definition) is 6. The molecule has 1 saturated heterocycles. The third kappa shape index (κ3) is 8.19. The molecule has 1 unspecified atom stereocenters. The molecule has 1 aromatic heterocycles. The molecule has 0 aliphatic carbocycles. The van der Waals surface area contributed by atoms with Crippen LogP contribution in [0.5, 0.6) is 11.5 Å². The molecule has 0 radical (unpaired) electrons. The van der Waals surface area contributed by atoms with Crippen molar-refractivity contribution in [2.45, 2.75) is 45.4 Å². The van der Waals surface area contributed by atoms with Crippen LogP contribution in [-0.4, -0.2) is 58.3 Å². The van der Waals surface area contributed by atoms with E-state index in [1.54, 1.807) is 18.9 Å². The maximum absolute atomic E-state index is 12.9. The molecule has 1 atom stereocenters. The number of amidine groups is 1. The van der Waals surface area contributed by atoms with Gasteiger partial charge >= 0.3 is 12.4 Å². The van der Waals surface area contributed by atoms with Crippen LogP contribution < -0.4 is 19.7 Å². The van der Waals surface area contributed by atoms with Gasteiger partial charge in [0.15, 0.2) is 11.0 Å². The molecular formula is C33H35F3N6O3S. The molecule has 2 amide bonds. The van der Waals surface area contributed by atoms with Crippen molar-refractivity contribution in [1.29, 1.82) is 0 Å². The van der Waals surface area contributed by atoms with E-state index in [1.807, 2.05) is 49.4 Å². The van der Waals surface area contributed by atoms with Gasteiger partial charge in [-0.25, -0.2) is 14.5 Å². The molecule has 3 aromatic carbocycles. The third-order valence-electron chi connectivity index (χ3n) is 7.46. The number of ether oxygens (including phenoxy) is 2. The quantitative estimate of drug-likeness (QED) is 0.197. The molecule has 13 heteroatoms. The number of anilines is 1. The number of thioether (sulfide) groups is 1. The molecule has 2 heterocycles. The Morgan fingerprint density at radius 3 is 2.43 bits per heavy atom. The van der Waals surface area contributed by atoms with Crippen LogP contribution in [0.15, 0.2) is 78.0 Å². The minimum atomic E-state index is -4.75. The fourth-order valence-electron chi connectivity index (χ4n) is 5.01. The van der Waals surface area contributed by atoms with Gasteiger partial charge in [-0.05, 0) is 71.8 Å². The first-order chi connectivity index (χ1) is 22.0. The van der Waals surface area contributed by atoms with Gasteiger partial charge < -0.3 is 19.7 Å². The van der Waals surface area contributed by atoms with E-state index < -0.39 is 6.36 Å². The van der Waals surface area contributed by atoms with Crippen molar-refractivity contribution in [3.8, 4) is 28.6 Å². The van der Waals surface area contributed by atoms with Gasteiger partial charge in [0, 0.05) is 30.1 Å². The molecule has 1 aliphatic heterocycles. The largest absolute Gasteiger partial charge is 0.573 e. The molecule has 46 heavy (non-hydrogen) atoms. The number of urea groups is 1. The lowest BCUT2D eigenvalue weighted by molar-refractivity contribution is -0.274. The van der Waals surface area contributed by atoms with E-state index in [0.717, 1.165) is 46.8 Å². The zero-order chi connectivity index (χ0) is 32.8. The molecule has 1 fully saturated rings. The predicted molar refractivity (Wildman–Crippen MR) is 174 cm³/mol. The highest BCUT2D eigenvalue weighted by atomic mass is 32.2. The van der Waals surface area contributed by atoms with Crippen LogP contribution in [0.4, 0.5) is 23.7 Å². The smallest absolute Gasteiger partial charge is 0.497 e. The summed E-state index contributed by atoms with van der Waals surface area (Å²) in [6.45, 7) is 7.48. The first-order valence-corrected chi connectivity index (χ1v) is 15.8. The second kappa shape index (κ2) is 14.3. The summed E-state index contributed by atoms with van der Waals surface area (Å²) in [5, 5.41) is 8.09. The van der Waals surface area contributed by atoms with E-state index in [-0.39, 0.29) is 23.6 Å². The summed E-state index contributed by atoms with van der Waals surface area (Å²) in [4.78, 5) is 23.9. The molecular weight excluding hydrogens is 617 g/mol. The number of hydrogen-bond donors (Lipinski definition) is 1. The molecule has 9 nitrogen and oxygen atoms in total. The fraction of sp³-hybridized carbons (Fsp3) is 0.333. The standard InChI is InChI=1S/C33H35F3N6O3S/c1-21(2)28-18-27(44-4)14-15-29(28)41-16-5-17-46-32(41)39-31(43)37-19-22(3)23-6-8-24(9-7-23)30-38-20-42(40-30)25-10-12-26(13-11-25)45-33(34,35)36/h6-15,18,20-22H,5,16-17,19H2,1-4H3,(H,37,43)/b39-32-. The van der Waals surface area contributed by atoms with E-state index in [1.165, 1.54) is 35.3 Å². The normalized spacial score (nSPS) is 15.2. The number of benzene rings is 3. The van der Waals surface area contributed by atoms with E-state index >= 15 is 0 Å². The number of aliphatic imine (C=N–C) groups is 1. The van der Waals surface area contributed by atoms with Crippen molar-refractivity contribution in [2.75, 3.05) is 30.9 Å². The topological polar surface area (TPSA) is 93.9 Å². The second-order valence-electron chi connectivity index (χ2n) is 11.1. The zero-order valence-electron chi connectivity index (χ0n) is 25.9. The summed E-state index contributed by atoms with van der Waals surface area (Å²) >= 11 is 1.58. The number of carbonyl (C=O) groups is 1. The minimum absolute atomic E-state index is 0.0189. The summed E-state index contributed by atoms with van der Waals surface area (Å²) < 4.78 is 48.1. The van der Waals surface area contributed by atoms with Crippen LogP contribution in [0.25, 0.3) is 17.1 Å². The van der Waals surface area contributed by atoms with Gasteiger partial charge in [-0.2, -0.15) is 4.99 Å². The number of methoxy groups -OCH3 is 1. The van der Waals surface area contributed by atoms with E-state index in [4.69, 9.17) is 4.74 Å². The SMILES string of the molecule is COc1ccc(N2CCCS/C2=N\C(=O)NCC(C)c2ccc(-c3ncn(-c4ccc(OC(F)(F)F)cc4)n3)cc2)c(C(C)C)c1. The molecule has 5 rings (SSSR count). The van der Waals surface area contributed by atoms with E-state index in [2.05, 4.69) is 43.9 Å². The Morgan fingerprint density at radius 1 is 1.04 bits per heavy atom. The lowest BCUT2D eigenvalue weighted by atomic mass is 10.00. The highest BCUT2D eigenvalue weighted by Gasteiger charge is 2.31. The summed E-state index contributed by atoms with van der Waals surface area (Å²) in [6, 6.07) is 18.7. The number of alkyl halides is 3. The fourth-order valence-corrected chi connectivity index (χ4v) is 5.96. The van der Waals surface area contributed by atoms with Crippen LogP contribution in [0.2, 0.25) is 0 Å². The predicted octanol–water partition coefficient (Wildman–Crippen LogP) is 7.78. The first-order valence-electron chi connectivity index (χ1n) is 14.8. The average molecular weight is 653 g/mol. The van der Waals surface area contributed by atoms with Gasteiger partial charge in [-0.1, -0.05) is 56.8 Å². The number of amides is 2. The molecule has 4 aromatic rings. The molecule has 0 bridgehead atoms. The first kappa shape index (κ1) is 32.9.